The summed E-state index contributed by atoms with van der Waals surface area (Å²) in [6.45, 7) is 0.821. The predicted octanol–water partition coefficient (Wildman–Crippen LogP) is 12.8. The van der Waals surface area contributed by atoms with E-state index in [0.717, 1.165) is 40.7 Å². The number of rotatable bonds is 11. The zero-order valence-corrected chi connectivity index (χ0v) is 38.6. The molecule has 0 aromatic heterocycles. The number of benzene rings is 5. The number of ether oxygens (including phenoxy) is 3. The highest BCUT2D eigenvalue weighted by atomic mass is 35.5. The van der Waals surface area contributed by atoms with Gasteiger partial charge in [0.25, 0.3) is 0 Å². The number of carbonyl (C=O) groups is 3. The van der Waals surface area contributed by atoms with Crippen LogP contribution < -0.4 is 0 Å². The number of halogens is 1. The van der Waals surface area contributed by atoms with Crippen LogP contribution in [0.1, 0.15) is 135 Å². The van der Waals surface area contributed by atoms with Crippen LogP contribution >= 0.6 is 11.6 Å². The second-order valence-corrected chi connectivity index (χ2v) is 18.5. The van der Waals surface area contributed by atoms with E-state index in [2.05, 4.69) is 48.5 Å². The minimum atomic E-state index is -1.49. The highest BCUT2D eigenvalue weighted by Crippen LogP contribution is 2.46. The molecule has 2 fully saturated rings. The molecule has 2 aliphatic carbocycles. The standard InChI is InChI=1S/C56H63ClN2O6/c1-58(55(62)64-39-49-47-28-18-16-26-45(47)46-27-17-19-29-48(46)49)52(54(61)59-36-37-63-40-59)38-53(60)65-56(43-24-14-11-15-25-43,50-30-20-21-31-51(50)57)44-34-32-42(33-35-44)41-22-12-9-7-5-3-2-4-6-8-10-13-23-41/h11,14-21,24-35,41,49,52H,2-10,12-13,22-23,36-40H2,1H3/t52-,56?/m0/s1. The Bertz CT molecular complexity index is 2300. The van der Waals surface area contributed by atoms with Crippen molar-refractivity contribution in [2.24, 2.45) is 0 Å². The molecule has 0 N–H and O–H groups in total. The molecule has 5 aromatic carbocycles. The lowest BCUT2D eigenvalue weighted by Gasteiger charge is -2.37. The molecule has 340 valence electrons. The minimum Gasteiger partial charge on any atom is -0.448 e. The Kier molecular flexibility index (Phi) is 15.7. The molecule has 2 atom stereocenters. The van der Waals surface area contributed by atoms with Crippen LogP contribution in [-0.4, -0.2) is 67.3 Å². The summed E-state index contributed by atoms with van der Waals surface area (Å²) in [5.74, 6) is -0.841. The van der Waals surface area contributed by atoms with Gasteiger partial charge >= 0.3 is 12.1 Å². The fourth-order valence-corrected chi connectivity index (χ4v) is 10.6. The van der Waals surface area contributed by atoms with Crippen LogP contribution in [0.3, 0.4) is 0 Å². The second kappa shape index (κ2) is 22.2. The van der Waals surface area contributed by atoms with E-state index in [1.54, 1.807) is 6.07 Å². The molecular formula is C56H63ClN2O6. The number of fused-ring (bicyclic) bond motifs is 3. The summed E-state index contributed by atoms with van der Waals surface area (Å²) in [5.41, 5.74) is 6.19. The van der Waals surface area contributed by atoms with Crippen LogP contribution in [0.15, 0.2) is 127 Å². The quantitative estimate of drug-likeness (QED) is 0.0970. The van der Waals surface area contributed by atoms with Crippen molar-refractivity contribution in [3.05, 3.63) is 166 Å². The lowest BCUT2D eigenvalue weighted by molar-refractivity contribution is -0.157. The third-order valence-corrected chi connectivity index (χ3v) is 14.2. The van der Waals surface area contributed by atoms with Crippen LogP contribution in [0.4, 0.5) is 4.79 Å². The smallest absolute Gasteiger partial charge is 0.410 e. The summed E-state index contributed by atoms with van der Waals surface area (Å²) in [4.78, 5) is 46.1. The molecule has 5 aromatic rings. The zero-order valence-electron chi connectivity index (χ0n) is 37.8. The predicted molar refractivity (Wildman–Crippen MR) is 257 cm³/mol. The molecule has 1 saturated carbocycles. The highest BCUT2D eigenvalue weighted by Gasteiger charge is 2.44. The molecule has 1 heterocycles. The summed E-state index contributed by atoms with van der Waals surface area (Å²) < 4.78 is 18.5. The highest BCUT2D eigenvalue weighted by molar-refractivity contribution is 6.31. The van der Waals surface area contributed by atoms with Crippen molar-refractivity contribution >= 4 is 29.6 Å². The lowest BCUT2D eigenvalue weighted by atomic mass is 9.78. The topological polar surface area (TPSA) is 85.4 Å². The molecule has 0 radical (unpaired) electrons. The lowest BCUT2D eigenvalue weighted by Crippen LogP contribution is -2.50. The third kappa shape index (κ3) is 10.7. The Morgan fingerprint density at radius 1 is 0.692 bits per heavy atom. The number of hydrogen-bond acceptors (Lipinski definition) is 6. The first-order valence-corrected chi connectivity index (χ1v) is 24.3. The van der Waals surface area contributed by atoms with E-state index >= 15 is 0 Å². The van der Waals surface area contributed by atoms with Crippen molar-refractivity contribution in [1.82, 2.24) is 9.80 Å². The van der Waals surface area contributed by atoms with Crippen molar-refractivity contribution < 1.29 is 28.6 Å². The first-order chi connectivity index (χ1) is 31.8. The van der Waals surface area contributed by atoms with Gasteiger partial charge in [0.1, 0.15) is 19.4 Å². The van der Waals surface area contributed by atoms with Crippen LogP contribution in [0.25, 0.3) is 11.1 Å². The second-order valence-electron chi connectivity index (χ2n) is 18.1. The van der Waals surface area contributed by atoms with E-state index in [0.29, 0.717) is 35.2 Å². The number of nitrogens with zero attached hydrogens (tertiary/aromatic N) is 2. The maximum atomic E-state index is 14.9. The van der Waals surface area contributed by atoms with Gasteiger partial charge in [-0.25, -0.2) is 4.79 Å². The molecule has 0 bridgehead atoms. The van der Waals surface area contributed by atoms with Gasteiger partial charge in [-0.15, -0.1) is 0 Å². The summed E-state index contributed by atoms with van der Waals surface area (Å²) in [5, 5.41) is 0.428. The first kappa shape index (κ1) is 46.1. The van der Waals surface area contributed by atoms with Gasteiger partial charge in [0.15, 0.2) is 5.60 Å². The van der Waals surface area contributed by atoms with Gasteiger partial charge in [0.2, 0.25) is 5.91 Å². The van der Waals surface area contributed by atoms with Crippen molar-refractivity contribution in [2.75, 3.05) is 33.5 Å². The molecule has 3 aliphatic rings. The zero-order chi connectivity index (χ0) is 45.0. The molecule has 1 saturated heterocycles. The number of carbonyl (C=O) groups excluding carboxylic acids is 3. The van der Waals surface area contributed by atoms with E-state index in [1.165, 1.54) is 93.0 Å². The van der Waals surface area contributed by atoms with E-state index < -0.39 is 36.0 Å². The number of esters is 1. The molecule has 1 aliphatic heterocycles. The normalized spacial score (nSPS) is 17.8. The van der Waals surface area contributed by atoms with E-state index in [4.69, 9.17) is 25.8 Å². The van der Waals surface area contributed by atoms with Crippen LogP contribution in [0.5, 0.6) is 0 Å². The Labute approximate surface area is 390 Å². The third-order valence-electron chi connectivity index (χ3n) is 13.9. The van der Waals surface area contributed by atoms with Gasteiger partial charge in [0.05, 0.1) is 13.0 Å². The number of hydrogen-bond donors (Lipinski definition) is 0. The maximum Gasteiger partial charge on any atom is 0.410 e. The molecule has 1 unspecified atom stereocenters. The average Bonchev–Trinajstić information content (AvgIpc) is 4.00. The number of likely N-dealkylation sites (N-methyl/N-ethyl adjacent to an activating group) is 1. The van der Waals surface area contributed by atoms with Crippen LogP contribution in [-0.2, 0) is 29.4 Å². The average molecular weight is 896 g/mol. The summed E-state index contributed by atoms with van der Waals surface area (Å²) in [7, 11) is 1.51. The maximum absolute atomic E-state index is 14.9. The van der Waals surface area contributed by atoms with Crippen LogP contribution in [0.2, 0.25) is 5.02 Å². The van der Waals surface area contributed by atoms with Gasteiger partial charge in [0, 0.05) is 41.2 Å². The Hall–Kier alpha value is -5.44. The Morgan fingerprint density at radius 3 is 1.82 bits per heavy atom. The molecular weight excluding hydrogens is 832 g/mol. The van der Waals surface area contributed by atoms with E-state index in [-0.39, 0.29) is 19.3 Å². The number of amides is 2. The van der Waals surface area contributed by atoms with Crippen molar-refractivity contribution in [1.29, 1.82) is 0 Å². The molecule has 8 rings (SSSR count). The summed E-state index contributed by atoms with van der Waals surface area (Å²) >= 11 is 7.10. The summed E-state index contributed by atoms with van der Waals surface area (Å²) in [6, 6.07) is 40.7. The van der Waals surface area contributed by atoms with Gasteiger partial charge in [-0.05, 0) is 52.6 Å². The van der Waals surface area contributed by atoms with Gasteiger partial charge in [-0.2, -0.15) is 0 Å². The van der Waals surface area contributed by atoms with Gasteiger partial charge in [-0.1, -0.05) is 204 Å². The Morgan fingerprint density at radius 2 is 1.23 bits per heavy atom. The van der Waals surface area contributed by atoms with Crippen LogP contribution in [0, 0.1) is 0 Å². The largest absolute Gasteiger partial charge is 0.448 e. The first-order valence-electron chi connectivity index (χ1n) is 23.9. The Balaban J connectivity index is 1.08. The molecule has 2 amide bonds. The monoisotopic (exact) mass is 894 g/mol. The van der Waals surface area contributed by atoms with Crippen molar-refractivity contribution in [2.45, 2.75) is 113 Å². The molecule has 8 nitrogen and oxygen atoms in total. The SMILES string of the molecule is CN(C(=O)OCC1c2ccccc2-c2ccccc21)[C@@H](CC(=O)OC(c1ccccc1)(c1ccc(C2CCCCCCCCCCCCC2)cc1)c1ccccc1Cl)C(=O)N1CCOC1. The molecule has 0 spiro atoms. The van der Waals surface area contributed by atoms with Crippen molar-refractivity contribution in [3.63, 3.8) is 0 Å². The fourth-order valence-electron chi connectivity index (χ4n) is 10.3. The van der Waals surface area contributed by atoms with Gasteiger partial charge in [-0.3, -0.25) is 14.5 Å². The van der Waals surface area contributed by atoms with E-state index in [9.17, 15) is 14.4 Å². The van der Waals surface area contributed by atoms with Crippen molar-refractivity contribution in [3.8, 4) is 11.1 Å². The summed E-state index contributed by atoms with van der Waals surface area (Å²) in [6.07, 6.45) is 15.4. The molecule has 65 heavy (non-hydrogen) atoms. The fraction of sp³-hybridized carbons (Fsp3) is 0.411. The minimum absolute atomic E-state index is 0.0594. The van der Waals surface area contributed by atoms with E-state index in [1.807, 2.05) is 72.8 Å². The van der Waals surface area contributed by atoms with Gasteiger partial charge < -0.3 is 19.1 Å². The molecule has 9 heteroatoms.